The lowest BCUT2D eigenvalue weighted by molar-refractivity contribution is -0.132. The van der Waals surface area contributed by atoms with Gasteiger partial charge >= 0.3 is 0 Å². The summed E-state index contributed by atoms with van der Waals surface area (Å²) < 4.78 is 12.8. The Morgan fingerprint density at radius 3 is 2.96 bits per heavy atom. The number of benzene rings is 1. The summed E-state index contributed by atoms with van der Waals surface area (Å²) in [5.74, 6) is 1.59. The average molecular weight is 356 g/mol. The topological polar surface area (TPSA) is 59.8 Å². The van der Waals surface area contributed by atoms with Gasteiger partial charge in [-0.05, 0) is 50.8 Å². The number of hydrogen-bond donors (Lipinski definition) is 0. The maximum absolute atomic E-state index is 12.9. The van der Waals surface area contributed by atoms with E-state index in [1.807, 2.05) is 35.4 Å². The van der Waals surface area contributed by atoms with E-state index in [-0.39, 0.29) is 18.7 Å². The first-order chi connectivity index (χ1) is 12.6. The Labute approximate surface area is 153 Å². The van der Waals surface area contributed by atoms with E-state index in [0.29, 0.717) is 19.5 Å². The van der Waals surface area contributed by atoms with Gasteiger partial charge in [-0.25, -0.2) is 0 Å². The maximum atomic E-state index is 12.9. The van der Waals surface area contributed by atoms with E-state index >= 15 is 0 Å². The summed E-state index contributed by atoms with van der Waals surface area (Å²) in [6.45, 7) is 2.53. The molecule has 1 atom stereocenters. The first kappa shape index (κ1) is 16.9. The molecule has 2 aliphatic heterocycles. The quantitative estimate of drug-likeness (QED) is 0.816. The van der Waals surface area contributed by atoms with Crippen LogP contribution in [0.3, 0.4) is 0 Å². The second-order valence-corrected chi connectivity index (χ2v) is 7.15. The molecule has 1 amide bonds. The van der Waals surface area contributed by atoms with Crippen molar-refractivity contribution in [1.82, 2.24) is 19.6 Å². The van der Waals surface area contributed by atoms with Crippen molar-refractivity contribution < 1.29 is 14.3 Å². The first-order valence-corrected chi connectivity index (χ1v) is 8.93. The van der Waals surface area contributed by atoms with Gasteiger partial charge in [-0.1, -0.05) is 6.07 Å². The van der Waals surface area contributed by atoms with E-state index in [4.69, 9.17) is 9.47 Å². The molecule has 0 spiro atoms. The SMILES string of the molecule is CN(C)CC[C@H]1CN(C(=O)Cc2ccc3c(c2)OCO3)Cc2ccnn21. The summed E-state index contributed by atoms with van der Waals surface area (Å²) >= 11 is 0. The number of fused-ring (bicyclic) bond motifs is 2. The predicted octanol–water partition coefficient (Wildman–Crippen LogP) is 1.69. The zero-order chi connectivity index (χ0) is 18.1. The van der Waals surface area contributed by atoms with Crippen molar-refractivity contribution in [3.05, 3.63) is 41.7 Å². The number of hydrogen-bond acceptors (Lipinski definition) is 5. The van der Waals surface area contributed by atoms with Crippen LogP contribution in [0.15, 0.2) is 30.5 Å². The van der Waals surface area contributed by atoms with Gasteiger partial charge in [0.05, 0.1) is 24.7 Å². The van der Waals surface area contributed by atoms with Crippen LogP contribution in [-0.2, 0) is 17.8 Å². The second kappa shape index (κ2) is 6.99. The van der Waals surface area contributed by atoms with Gasteiger partial charge in [0, 0.05) is 12.7 Å². The zero-order valence-electron chi connectivity index (χ0n) is 15.2. The fourth-order valence-corrected chi connectivity index (χ4v) is 3.54. The minimum atomic E-state index is 0.131. The molecule has 1 aromatic carbocycles. The standard InChI is InChI=1S/C19H24N4O3/c1-21(2)8-6-16-12-22(11-15-5-7-20-23(15)16)19(24)10-14-3-4-17-18(9-14)26-13-25-17/h3-5,7,9,16H,6,8,10-13H2,1-2H3/t16-/m0/s1. The monoisotopic (exact) mass is 356 g/mol. The number of aromatic nitrogens is 2. The Kier molecular flexibility index (Phi) is 4.55. The highest BCUT2D eigenvalue weighted by atomic mass is 16.7. The summed E-state index contributed by atoms with van der Waals surface area (Å²) in [4.78, 5) is 17.0. The number of nitrogens with zero attached hydrogens (tertiary/aromatic N) is 4. The van der Waals surface area contributed by atoms with Gasteiger partial charge in [0.2, 0.25) is 12.7 Å². The predicted molar refractivity (Wildman–Crippen MR) is 96.1 cm³/mol. The van der Waals surface area contributed by atoms with Gasteiger partial charge in [0.25, 0.3) is 0 Å². The minimum absolute atomic E-state index is 0.131. The molecule has 0 bridgehead atoms. The highest BCUT2D eigenvalue weighted by molar-refractivity contribution is 5.79. The molecule has 0 saturated carbocycles. The van der Waals surface area contributed by atoms with Crippen LogP contribution in [0, 0.1) is 0 Å². The fraction of sp³-hybridized carbons (Fsp3) is 0.474. The number of carbonyl (C=O) groups excluding carboxylic acids is 1. The molecular weight excluding hydrogens is 332 g/mol. The summed E-state index contributed by atoms with van der Waals surface area (Å²) in [5, 5.41) is 4.46. The van der Waals surface area contributed by atoms with Crippen LogP contribution in [0.2, 0.25) is 0 Å². The lowest BCUT2D eigenvalue weighted by atomic mass is 10.1. The molecule has 0 aliphatic carbocycles. The first-order valence-electron chi connectivity index (χ1n) is 8.93. The third kappa shape index (κ3) is 3.39. The lowest BCUT2D eigenvalue weighted by Crippen LogP contribution is -2.42. The molecule has 2 aliphatic rings. The third-order valence-electron chi connectivity index (χ3n) is 4.94. The van der Waals surface area contributed by atoms with E-state index in [1.165, 1.54) is 0 Å². The highest BCUT2D eigenvalue weighted by Crippen LogP contribution is 2.33. The second-order valence-electron chi connectivity index (χ2n) is 7.15. The summed E-state index contributed by atoms with van der Waals surface area (Å²) in [6, 6.07) is 7.93. The molecule has 3 heterocycles. The Morgan fingerprint density at radius 2 is 2.12 bits per heavy atom. The molecular formula is C19H24N4O3. The largest absolute Gasteiger partial charge is 0.454 e. The van der Waals surface area contributed by atoms with Crippen molar-refractivity contribution >= 4 is 5.91 Å². The summed E-state index contributed by atoms with van der Waals surface area (Å²) in [7, 11) is 4.13. The molecule has 0 unspecified atom stereocenters. The van der Waals surface area contributed by atoms with Crippen molar-refractivity contribution in [1.29, 1.82) is 0 Å². The van der Waals surface area contributed by atoms with Crippen LogP contribution < -0.4 is 9.47 Å². The van der Waals surface area contributed by atoms with Gasteiger partial charge in [0.15, 0.2) is 11.5 Å². The van der Waals surface area contributed by atoms with E-state index in [0.717, 1.165) is 35.7 Å². The van der Waals surface area contributed by atoms with Crippen molar-refractivity contribution in [2.75, 3.05) is 34.0 Å². The molecule has 0 N–H and O–H groups in total. The van der Waals surface area contributed by atoms with E-state index in [2.05, 4.69) is 28.8 Å². The Morgan fingerprint density at radius 1 is 1.27 bits per heavy atom. The molecule has 0 saturated heterocycles. The lowest BCUT2D eigenvalue weighted by Gasteiger charge is -2.34. The normalized spacial score (nSPS) is 18.3. The average Bonchev–Trinajstić information content (AvgIpc) is 3.27. The van der Waals surface area contributed by atoms with Crippen LogP contribution in [0.5, 0.6) is 11.5 Å². The molecule has 2 aromatic rings. The number of carbonyl (C=O) groups is 1. The Bertz CT molecular complexity index is 802. The van der Waals surface area contributed by atoms with Crippen LogP contribution in [0.1, 0.15) is 23.7 Å². The summed E-state index contributed by atoms with van der Waals surface area (Å²) in [6.07, 6.45) is 3.16. The number of rotatable bonds is 5. The molecule has 7 heteroatoms. The van der Waals surface area contributed by atoms with Crippen LogP contribution in [0.25, 0.3) is 0 Å². The van der Waals surface area contributed by atoms with E-state index < -0.39 is 0 Å². The van der Waals surface area contributed by atoms with Gasteiger partial charge in [0.1, 0.15) is 0 Å². The van der Waals surface area contributed by atoms with Crippen molar-refractivity contribution in [2.45, 2.75) is 25.4 Å². The smallest absolute Gasteiger partial charge is 0.231 e. The highest BCUT2D eigenvalue weighted by Gasteiger charge is 2.28. The van der Waals surface area contributed by atoms with Gasteiger partial charge < -0.3 is 19.3 Å². The van der Waals surface area contributed by atoms with Crippen molar-refractivity contribution in [3.8, 4) is 11.5 Å². The third-order valence-corrected chi connectivity index (χ3v) is 4.94. The molecule has 0 fully saturated rings. The van der Waals surface area contributed by atoms with Gasteiger partial charge in [-0.3, -0.25) is 9.48 Å². The van der Waals surface area contributed by atoms with E-state index in [1.54, 1.807) is 0 Å². The van der Waals surface area contributed by atoms with Crippen LogP contribution >= 0.6 is 0 Å². The minimum Gasteiger partial charge on any atom is -0.454 e. The van der Waals surface area contributed by atoms with Gasteiger partial charge in [-0.15, -0.1) is 0 Å². The van der Waals surface area contributed by atoms with Crippen LogP contribution in [-0.4, -0.2) is 59.5 Å². The fourth-order valence-electron chi connectivity index (χ4n) is 3.54. The maximum Gasteiger partial charge on any atom is 0.231 e. The number of amides is 1. The van der Waals surface area contributed by atoms with Crippen molar-refractivity contribution in [3.63, 3.8) is 0 Å². The van der Waals surface area contributed by atoms with E-state index in [9.17, 15) is 4.79 Å². The Hall–Kier alpha value is -2.54. The molecule has 4 rings (SSSR count). The molecule has 7 nitrogen and oxygen atoms in total. The molecule has 26 heavy (non-hydrogen) atoms. The Balaban J connectivity index is 1.46. The van der Waals surface area contributed by atoms with Crippen molar-refractivity contribution in [2.24, 2.45) is 0 Å². The molecule has 0 radical (unpaired) electrons. The number of ether oxygens (including phenoxy) is 2. The zero-order valence-corrected chi connectivity index (χ0v) is 15.2. The van der Waals surface area contributed by atoms with Crippen LogP contribution in [0.4, 0.5) is 0 Å². The molecule has 138 valence electrons. The molecule has 1 aromatic heterocycles. The summed E-state index contributed by atoms with van der Waals surface area (Å²) in [5.41, 5.74) is 2.04. The van der Waals surface area contributed by atoms with Gasteiger partial charge in [-0.2, -0.15) is 5.10 Å².